The van der Waals surface area contributed by atoms with Gasteiger partial charge in [0.1, 0.15) is 5.58 Å². The van der Waals surface area contributed by atoms with Gasteiger partial charge in [-0.2, -0.15) is 8.78 Å². The highest BCUT2D eigenvalue weighted by Crippen LogP contribution is 2.30. The predicted octanol–water partition coefficient (Wildman–Crippen LogP) is 3.99. The van der Waals surface area contributed by atoms with Gasteiger partial charge in [0.15, 0.2) is 11.5 Å². The molecule has 0 saturated carbocycles. The fourth-order valence-corrected chi connectivity index (χ4v) is 3.30. The first-order valence-electron chi connectivity index (χ1n) is 9.40. The Labute approximate surface area is 177 Å². The normalized spacial score (nSPS) is 11.2. The average Bonchev–Trinajstić information content (AvgIpc) is 2.67. The van der Waals surface area contributed by atoms with Crippen molar-refractivity contribution in [2.75, 3.05) is 19.5 Å². The van der Waals surface area contributed by atoms with E-state index < -0.39 is 12.2 Å². The van der Waals surface area contributed by atoms with Crippen molar-refractivity contribution >= 4 is 22.6 Å². The van der Waals surface area contributed by atoms with Gasteiger partial charge in [0.2, 0.25) is 5.91 Å². The van der Waals surface area contributed by atoms with Crippen molar-refractivity contribution in [1.82, 2.24) is 4.90 Å². The summed E-state index contributed by atoms with van der Waals surface area (Å²) in [5.41, 5.74) is 1.99. The van der Waals surface area contributed by atoms with Gasteiger partial charge in [0.25, 0.3) is 0 Å². The minimum atomic E-state index is -2.94. The molecule has 0 bridgehead atoms. The Kier molecular flexibility index (Phi) is 6.86. The van der Waals surface area contributed by atoms with Crippen LogP contribution < -0.4 is 20.4 Å². The molecule has 1 amide bonds. The second kappa shape index (κ2) is 9.57. The molecule has 0 atom stereocenters. The van der Waals surface area contributed by atoms with Crippen molar-refractivity contribution in [3.63, 3.8) is 0 Å². The van der Waals surface area contributed by atoms with E-state index in [-0.39, 0.29) is 17.4 Å². The van der Waals surface area contributed by atoms with E-state index in [9.17, 15) is 18.4 Å². The van der Waals surface area contributed by atoms with Gasteiger partial charge in [0.05, 0.1) is 7.11 Å². The van der Waals surface area contributed by atoms with E-state index in [1.165, 1.54) is 26.2 Å². The largest absolute Gasteiger partial charge is 0.493 e. The number of benzene rings is 2. The Hall–Kier alpha value is -3.46. The summed E-state index contributed by atoms with van der Waals surface area (Å²) in [5.74, 6) is -0.0500. The number of methoxy groups -OCH3 is 1. The Morgan fingerprint density at radius 1 is 1.13 bits per heavy atom. The molecule has 0 radical (unpaired) electrons. The molecule has 0 unspecified atom stereocenters. The summed E-state index contributed by atoms with van der Waals surface area (Å²) < 4.78 is 39.9. The number of nitrogens with one attached hydrogen (secondary N) is 1. The van der Waals surface area contributed by atoms with Gasteiger partial charge in [-0.1, -0.05) is 6.07 Å². The zero-order valence-electron chi connectivity index (χ0n) is 17.3. The number of hydrogen-bond donors (Lipinski definition) is 1. The standard InChI is InChI=1S/C22H22F2N2O5/c1-13(27)25-16-5-6-17-15(9-21(28)30-19(17)10-16)12-26(2)11-14-4-7-18(31-22(23)24)20(8-14)29-3/h4-10,22H,11-12H2,1-3H3,(H,25,27). The molecule has 0 aliphatic rings. The average molecular weight is 432 g/mol. The summed E-state index contributed by atoms with van der Waals surface area (Å²) in [4.78, 5) is 25.2. The van der Waals surface area contributed by atoms with Gasteiger partial charge in [-0.25, -0.2) is 4.79 Å². The monoisotopic (exact) mass is 432 g/mol. The second-order valence-electron chi connectivity index (χ2n) is 7.02. The number of carbonyl (C=O) groups is 1. The maximum Gasteiger partial charge on any atom is 0.387 e. The number of ether oxygens (including phenoxy) is 2. The van der Waals surface area contributed by atoms with Gasteiger partial charge < -0.3 is 19.2 Å². The van der Waals surface area contributed by atoms with Crippen molar-refractivity contribution < 1.29 is 27.5 Å². The first-order valence-corrected chi connectivity index (χ1v) is 9.40. The fraction of sp³-hybridized carbons (Fsp3) is 0.273. The summed E-state index contributed by atoms with van der Waals surface area (Å²) in [6.07, 6.45) is 0. The lowest BCUT2D eigenvalue weighted by atomic mass is 10.1. The number of fused-ring (bicyclic) bond motifs is 1. The van der Waals surface area contributed by atoms with Crippen molar-refractivity contribution in [3.05, 3.63) is 64.0 Å². The van der Waals surface area contributed by atoms with Crippen LogP contribution in [0.15, 0.2) is 51.7 Å². The number of anilines is 1. The zero-order valence-corrected chi connectivity index (χ0v) is 17.3. The highest BCUT2D eigenvalue weighted by molar-refractivity contribution is 5.92. The SMILES string of the molecule is COc1cc(CN(C)Cc2cc(=O)oc3cc(NC(C)=O)ccc23)ccc1OC(F)F. The molecule has 0 aliphatic carbocycles. The van der Waals surface area contributed by atoms with Crippen molar-refractivity contribution in [2.24, 2.45) is 0 Å². The summed E-state index contributed by atoms with van der Waals surface area (Å²) in [5, 5.41) is 3.40. The summed E-state index contributed by atoms with van der Waals surface area (Å²) in [6, 6.07) is 11.3. The summed E-state index contributed by atoms with van der Waals surface area (Å²) in [7, 11) is 3.24. The number of nitrogens with zero attached hydrogens (tertiary/aromatic N) is 1. The van der Waals surface area contributed by atoms with Crippen LogP contribution in [0.2, 0.25) is 0 Å². The summed E-state index contributed by atoms with van der Waals surface area (Å²) in [6.45, 7) is -0.644. The number of carbonyl (C=O) groups excluding carboxylic acids is 1. The zero-order chi connectivity index (χ0) is 22.5. The molecule has 0 spiro atoms. The quantitative estimate of drug-likeness (QED) is 0.542. The third kappa shape index (κ3) is 5.79. The van der Waals surface area contributed by atoms with Crippen LogP contribution in [0.5, 0.6) is 11.5 Å². The first-order chi connectivity index (χ1) is 14.7. The maximum absolute atomic E-state index is 12.5. The molecule has 9 heteroatoms. The van der Waals surface area contributed by atoms with Crippen molar-refractivity contribution in [1.29, 1.82) is 0 Å². The molecular weight excluding hydrogens is 410 g/mol. The number of hydrogen-bond acceptors (Lipinski definition) is 6. The topological polar surface area (TPSA) is 81.0 Å². The van der Waals surface area contributed by atoms with E-state index in [0.717, 1.165) is 16.5 Å². The maximum atomic E-state index is 12.5. The first kappa shape index (κ1) is 22.2. The van der Waals surface area contributed by atoms with Crippen LogP contribution in [0, 0.1) is 0 Å². The van der Waals surface area contributed by atoms with Gasteiger partial charge >= 0.3 is 12.2 Å². The van der Waals surface area contributed by atoms with E-state index in [1.54, 1.807) is 30.3 Å². The molecule has 2 aromatic carbocycles. The van der Waals surface area contributed by atoms with E-state index in [0.29, 0.717) is 24.4 Å². The molecule has 3 aromatic rings. The molecule has 1 aromatic heterocycles. The van der Waals surface area contributed by atoms with Crippen LogP contribution in [0.4, 0.5) is 14.5 Å². The predicted molar refractivity (Wildman–Crippen MR) is 112 cm³/mol. The van der Waals surface area contributed by atoms with Gasteiger partial charge in [-0.15, -0.1) is 0 Å². The summed E-state index contributed by atoms with van der Waals surface area (Å²) >= 11 is 0. The van der Waals surface area contributed by atoms with Crippen LogP contribution in [0.25, 0.3) is 11.0 Å². The number of amides is 1. The Morgan fingerprint density at radius 3 is 2.58 bits per heavy atom. The van der Waals surface area contributed by atoms with E-state index >= 15 is 0 Å². The fourth-order valence-electron chi connectivity index (χ4n) is 3.30. The molecular formula is C22H22F2N2O5. The highest BCUT2D eigenvalue weighted by Gasteiger charge is 2.13. The smallest absolute Gasteiger partial charge is 0.387 e. The highest BCUT2D eigenvalue weighted by atomic mass is 19.3. The van der Waals surface area contributed by atoms with Crippen LogP contribution in [-0.2, 0) is 17.9 Å². The molecule has 0 aliphatic heterocycles. The van der Waals surface area contributed by atoms with Crippen molar-refractivity contribution in [3.8, 4) is 11.5 Å². The van der Waals surface area contributed by atoms with E-state index in [4.69, 9.17) is 9.15 Å². The lowest BCUT2D eigenvalue weighted by molar-refractivity contribution is -0.114. The van der Waals surface area contributed by atoms with Gasteiger partial charge in [-0.05, 0) is 42.4 Å². The van der Waals surface area contributed by atoms with E-state index in [1.807, 2.05) is 11.9 Å². The lowest BCUT2D eigenvalue weighted by Gasteiger charge is -2.19. The van der Waals surface area contributed by atoms with Crippen LogP contribution >= 0.6 is 0 Å². The van der Waals surface area contributed by atoms with E-state index in [2.05, 4.69) is 10.1 Å². The van der Waals surface area contributed by atoms with Gasteiger partial charge in [0, 0.05) is 43.2 Å². The second-order valence-corrected chi connectivity index (χ2v) is 7.02. The van der Waals surface area contributed by atoms with Crippen LogP contribution in [0.1, 0.15) is 18.1 Å². The molecule has 3 rings (SSSR count). The minimum absolute atomic E-state index is 0.0365. The molecule has 31 heavy (non-hydrogen) atoms. The molecule has 0 fully saturated rings. The van der Waals surface area contributed by atoms with Crippen LogP contribution in [-0.4, -0.2) is 31.6 Å². The molecule has 0 saturated heterocycles. The molecule has 1 heterocycles. The van der Waals surface area contributed by atoms with Crippen LogP contribution in [0.3, 0.4) is 0 Å². The van der Waals surface area contributed by atoms with Gasteiger partial charge in [-0.3, -0.25) is 9.69 Å². The third-order valence-corrected chi connectivity index (χ3v) is 4.49. The number of alkyl halides is 2. The lowest BCUT2D eigenvalue weighted by Crippen LogP contribution is -2.18. The molecule has 1 N–H and O–H groups in total. The molecule has 164 valence electrons. The Bertz CT molecular complexity index is 1150. The Balaban J connectivity index is 1.80. The number of halogens is 2. The number of rotatable bonds is 8. The minimum Gasteiger partial charge on any atom is -0.493 e. The molecule has 7 nitrogen and oxygen atoms in total. The van der Waals surface area contributed by atoms with Crippen molar-refractivity contribution in [2.45, 2.75) is 26.6 Å². The Morgan fingerprint density at radius 2 is 1.90 bits per heavy atom. The third-order valence-electron chi connectivity index (χ3n) is 4.49.